The minimum absolute atomic E-state index is 0.0904. The number of halogens is 1. The molecular formula is C18H17ClN2O4. The van der Waals surface area contributed by atoms with Crippen LogP contribution >= 0.6 is 11.6 Å². The first-order valence-corrected chi connectivity index (χ1v) is 8.05. The second kappa shape index (κ2) is 5.74. The third-order valence-electron chi connectivity index (χ3n) is 3.80. The Hall–Kier alpha value is -2.60. The number of hydrogen-bond acceptors (Lipinski definition) is 4. The summed E-state index contributed by atoms with van der Waals surface area (Å²) in [5, 5.41) is 0.484. The molecule has 1 aromatic heterocycles. The van der Waals surface area contributed by atoms with Crippen LogP contribution in [0.2, 0.25) is 0 Å². The number of benzene rings is 1. The number of aromatic nitrogens is 1. The van der Waals surface area contributed by atoms with E-state index in [9.17, 15) is 14.4 Å². The Morgan fingerprint density at radius 3 is 2.32 bits per heavy atom. The van der Waals surface area contributed by atoms with Crippen LogP contribution in [-0.4, -0.2) is 40.0 Å². The van der Waals surface area contributed by atoms with E-state index in [-0.39, 0.29) is 10.6 Å². The van der Waals surface area contributed by atoms with E-state index in [1.165, 1.54) is 17.8 Å². The van der Waals surface area contributed by atoms with Crippen molar-refractivity contribution >= 4 is 46.0 Å². The zero-order valence-corrected chi connectivity index (χ0v) is 15.0. The molecule has 0 radical (unpaired) electrons. The highest BCUT2D eigenvalue weighted by Gasteiger charge is 2.37. The Morgan fingerprint density at radius 2 is 1.76 bits per heavy atom. The molecule has 2 heterocycles. The molecule has 2 aromatic rings. The van der Waals surface area contributed by atoms with Crippen LogP contribution in [0.3, 0.4) is 0 Å². The topological polar surface area (TPSA) is 68.6 Å². The third-order valence-corrected chi connectivity index (χ3v) is 4.15. The summed E-state index contributed by atoms with van der Waals surface area (Å²) < 4.78 is 6.74. The maximum atomic E-state index is 12.5. The van der Waals surface area contributed by atoms with Gasteiger partial charge in [0.2, 0.25) is 0 Å². The fourth-order valence-electron chi connectivity index (χ4n) is 2.68. The van der Waals surface area contributed by atoms with Crippen LogP contribution in [-0.2, 0) is 14.3 Å². The van der Waals surface area contributed by atoms with Crippen LogP contribution in [0.25, 0.3) is 16.5 Å². The first-order chi connectivity index (χ1) is 11.6. The quantitative estimate of drug-likeness (QED) is 0.731. The van der Waals surface area contributed by atoms with Crippen LogP contribution in [0, 0.1) is 0 Å². The van der Waals surface area contributed by atoms with Crippen molar-refractivity contribution in [2.75, 3.05) is 7.05 Å². The zero-order chi connectivity index (χ0) is 18.5. The number of para-hydroxylation sites is 1. The van der Waals surface area contributed by atoms with Gasteiger partial charge in [0, 0.05) is 24.2 Å². The van der Waals surface area contributed by atoms with Gasteiger partial charge in [-0.3, -0.25) is 19.1 Å². The predicted octanol–water partition coefficient (Wildman–Crippen LogP) is 3.37. The fraction of sp³-hybridized carbons (Fsp3) is 0.278. The lowest BCUT2D eigenvalue weighted by atomic mass is 10.1. The SMILES string of the molecule is CN1C(=O)C(Cl)=C(c2cn(C(=O)OC(C)(C)C)c3ccccc23)C1=O. The smallest absolute Gasteiger partial charge is 0.419 e. The molecule has 1 aromatic carbocycles. The molecule has 6 nitrogen and oxygen atoms in total. The van der Waals surface area contributed by atoms with Crippen LogP contribution in [0.4, 0.5) is 4.79 Å². The average molecular weight is 361 g/mol. The predicted molar refractivity (Wildman–Crippen MR) is 94.1 cm³/mol. The molecule has 7 heteroatoms. The molecule has 0 unspecified atom stereocenters. The lowest BCUT2D eigenvalue weighted by molar-refractivity contribution is -0.134. The van der Waals surface area contributed by atoms with E-state index in [4.69, 9.17) is 16.3 Å². The zero-order valence-electron chi connectivity index (χ0n) is 14.3. The highest BCUT2D eigenvalue weighted by Crippen LogP contribution is 2.36. The second-order valence-corrected chi connectivity index (χ2v) is 7.15. The number of likely N-dealkylation sites (N-methyl/N-ethyl adjacent to an activating group) is 1. The molecule has 3 rings (SSSR count). The number of ether oxygens (including phenoxy) is 1. The molecule has 0 aliphatic carbocycles. The molecule has 0 atom stereocenters. The van der Waals surface area contributed by atoms with E-state index in [0.717, 1.165) is 4.90 Å². The number of carbonyl (C=O) groups is 3. The van der Waals surface area contributed by atoms with Crippen molar-refractivity contribution in [3.05, 3.63) is 41.1 Å². The van der Waals surface area contributed by atoms with Gasteiger partial charge in [0.1, 0.15) is 10.6 Å². The minimum atomic E-state index is -0.668. The monoisotopic (exact) mass is 360 g/mol. The lowest BCUT2D eigenvalue weighted by Gasteiger charge is -2.19. The Kier molecular flexibility index (Phi) is 3.95. The van der Waals surface area contributed by atoms with Gasteiger partial charge in [-0.15, -0.1) is 0 Å². The van der Waals surface area contributed by atoms with E-state index >= 15 is 0 Å². The van der Waals surface area contributed by atoms with Crippen LogP contribution in [0.1, 0.15) is 26.3 Å². The summed E-state index contributed by atoms with van der Waals surface area (Å²) in [6.07, 6.45) is 0.914. The maximum Gasteiger partial charge on any atom is 0.419 e. The summed E-state index contributed by atoms with van der Waals surface area (Å²) in [7, 11) is 1.37. The van der Waals surface area contributed by atoms with Gasteiger partial charge in [0.05, 0.1) is 11.1 Å². The molecule has 0 fully saturated rings. The van der Waals surface area contributed by atoms with Gasteiger partial charge in [0.25, 0.3) is 11.8 Å². The van der Waals surface area contributed by atoms with Crippen LogP contribution in [0.5, 0.6) is 0 Å². The number of rotatable bonds is 1. The Balaban J connectivity index is 2.21. The van der Waals surface area contributed by atoms with Crippen molar-refractivity contribution < 1.29 is 19.1 Å². The molecule has 0 spiro atoms. The van der Waals surface area contributed by atoms with Crippen LogP contribution in [0.15, 0.2) is 35.5 Å². The van der Waals surface area contributed by atoms with Gasteiger partial charge >= 0.3 is 6.09 Å². The molecule has 130 valence electrons. The van der Waals surface area contributed by atoms with Crippen molar-refractivity contribution in [1.82, 2.24) is 9.47 Å². The van der Waals surface area contributed by atoms with E-state index in [0.29, 0.717) is 16.5 Å². The number of fused-ring (bicyclic) bond motifs is 1. The molecule has 0 N–H and O–H groups in total. The molecule has 0 saturated carbocycles. The first-order valence-electron chi connectivity index (χ1n) is 7.68. The van der Waals surface area contributed by atoms with Crippen molar-refractivity contribution in [1.29, 1.82) is 0 Å². The van der Waals surface area contributed by atoms with Crippen LogP contribution < -0.4 is 0 Å². The van der Waals surface area contributed by atoms with Gasteiger partial charge in [-0.05, 0) is 26.8 Å². The van der Waals surface area contributed by atoms with Gasteiger partial charge in [-0.2, -0.15) is 0 Å². The molecule has 1 aliphatic heterocycles. The minimum Gasteiger partial charge on any atom is -0.443 e. The summed E-state index contributed by atoms with van der Waals surface area (Å²) in [6, 6.07) is 7.06. The highest BCUT2D eigenvalue weighted by molar-refractivity contribution is 6.55. The largest absolute Gasteiger partial charge is 0.443 e. The summed E-state index contributed by atoms with van der Waals surface area (Å²) >= 11 is 6.09. The van der Waals surface area contributed by atoms with E-state index in [1.54, 1.807) is 45.0 Å². The van der Waals surface area contributed by atoms with Crippen molar-refractivity contribution in [3.63, 3.8) is 0 Å². The van der Waals surface area contributed by atoms with Gasteiger partial charge in [0.15, 0.2) is 0 Å². The van der Waals surface area contributed by atoms with E-state index in [1.807, 2.05) is 0 Å². The molecule has 2 amide bonds. The first kappa shape index (κ1) is 17.2. The molecule has 0 bridgehead atoms. The van der Waals surface area contributed by atoms with Crippen molar-refractivity contribution in [3.8, 4) is 0 Å². The maximum absolute atomic E-state index is 12.5. The Bertz CT molecular complexity index is 950. The standard InChI is InChI=1S/C18H17ClN2O4/c1-18(2,3)25-17(24)21-9-11(10-7-5-6-8-12(10)21)13-14(19)16(23)20(4)15(13)22/h5-9H,1-4H3. The summed E-state index contributed by atoms with van der Waals surface area (Å²) in [4.78, 5) is 37.9. The lowest BCUT2D eigenvalue weighted by Crippen LogP contribution is -2.27. The number of imide groups is 1. The second-order valence-electron chi connectivity index (χ2n) is 6.77. The van der Waals surface area contributed by atoms with Gasteiger partial charge in [-0.25, -0.2) is 4.79 Å². The number of hydrogen-bond donors (Lipinski definition) is 0. The molecule has 25 heavy (non-hydrogen) atoms. The summed E-state index contributed by atoms with van der Waals surface area (Å²) in [5.41, 5.74) is 0.416. The average Bonchev–Trinajstić information content (AvgIpc) is 2.99. The van der Waals surface area contributed by atoms with E-state index in [2.05, 4.69) is 0 Å². The van der Waals surface area contributed by atoms with Gasteiger partial charge in [-0.1, -0.05) is 29.8 Å². The molecule has 0 saturated heterocycles. The third kappa shape index (κ3) is 2.82. The van der Waals surface area contributed by atoms with Crippen molar-refractivity contribution in [2.24, 2.45) is 0 Å². The number of amides is 2. The summed E-state index contributed by atoms with van der Waals surface area (Å²) in [6.45, 7) is 5.31. The van der Waals surface area contributed by atoms with Gasteiger partial charge < -0.3 is 4.74 Å². The molecule has 1 aliphatic rings. The van der Waals surface area contributed by atoms with Crippen molar-refractivity contribution in [2.45, 2.75) is 26.4 Å². The number of carbonyl (C=O) groups excluding carboxylic acids is 3. The normalized spacial score (nSPS) is 15.5. The summed E-state index contributed by atoms with van der Waals surface area (Å²) in [5.74, 6) is -1.06. The number of nitrogens with zero attached hydrogens (tertiary/aromatic N) is 2. The molecular weight excluding hydrogens is 344 g/mol. The fourth-order valence-corrected chi connectivity index (χ4v) is 2.99. The highest BCUT2D eigenvalue weighted by atomic mass is 35.5. The van der Waals surface area contributed by atoms with E-state index < -0.39 is 23.5 Å². The Labute approximate surface area is 149 Å². The Morgan fingerprint density at radius 1 is 1.12 bits per heavy atom.